The maximum absolute atomic E-state index is 10.6. The van der Waals surface area contributed by atoms with Gasteiger partial charge in [0.1, 0.15) is 5.52 Å². The van der Waals surface area contributed by atoms with Crippen LogP contribution in [0.4, 0.5) is 0 Å². The number of carboxylic acid groups (broad SMARTS) is 1. The largest absolute Gasteiger partial charge is 0.481 e. The number of carboxylic acids is 1. The summed E-state index contributed by atoms with van der Waals surface area (Å²) in [5, 5.41) is 8.68. The molecule has 0 bridgehead atoms. The number of hydrogen-bond donors (Lipinski definition) is 2. The highest BCUT2D eigenvalue weighted by atomic mass is 127. The topological polar surface area (TPSA) is 66.0 Å². The Morgan fingerprint density at radius 1 is 1.57 bits per heavy atom. The quantitative estimate of drug-likeness (QED) is 0.831. The fourth-order valence-corrected chi connectivity index (χ4v) is 2.12. The number of hydrogen-bond acceptors (Lipinski definition) is 2. The average molecular weight is 302 g/mol. The zero-order valence-corrected chi connectivity index (χ0v) is 9.28. The van der Waals surface area contributed by atoms with Crippen molar-refractivity contribution in [1.29, 1.82) is 0 Å². The summed E-state index contributed by atoms with van der Waals surface area (Å²) in [5.41, 5.74) is 2.57. The fourth-order valence-electron chi connectivity index (χ4n) is 1.31. The lowest BCUT2D eigenvalue weighted by atomic mass is 10.1. The van der Waals surface area contributed by atoms with E-state index in [0.29, 0.717) is 0 Å². The van der Waals surface area contributed by atoms with Crippen LogP contribution in [0.25, 0.3) is 11.0 Å². The molecule has 0 amide bonds. The van der Waals surface area contributed by atoms with Gasteiger partial charge in [-0.3, -0.25) is 4.79 Å². The number of H-pyrrole nitrogens is 1. The van der Waals surface area contributed by atoms with Crippen molar-refractivity contribution in [2.45, 2.75) is 6.42 Å². The van der Waals surface area contributed by atoms with E-state index in [1.165, 1.54) is 0 Å². The van der Waals surface area contributed by atoms with Crippen LogP contribution in [0, 0.1) is 3.57 Å². The highest BCUT2D eigenvalue weighted by Gasteiger charge is 2.09. The first-order valence-corrected chi connectivity index (χ1v) is 5.08. The summed E-state index contributed by atoms with van der Waals surface area (Å²) in [7, 11) is 0. The van der Waals surface area contributed by atoms with Crippen LogP contribution in [0.3, 0.4) is 0 Å². The molecule has 0 fully saturated rings. The van der Waals surface area contributed by atoms with Gasteiger partial charge in [-0.1, -0.05) is 6.07 Å². The number of rotatable bonds is 2. The number of fused-ring (bicyclic) bond motifs is 1. The molecule has 0 aliphatic rings. The second-order valence-electron chi connectivity index (χ2n) is 2.91. The number of aliphatic carboxylic acids is 1. The summed E-state index contributed by atoms with van der Waals surface area (Å²) in [6, 6.07) is 3.67. The number of nitrogens with one attached hydrogen (secondary N) is 1. The zero-order chi connectivity index (χ0) is 10.1. The summed E-state index contributed by atoms with van der Waals surface area (Å²) in [6.45, 7) is 0. The van der Waals surface area contributed by atoms with E-state index in [4.69, 9.17) is 5.11 Å². The van der Waals surface area contributed by atoms with Crippen LogP contribution in [0.2, 0.25) is 0 Å². The van der Waals surface area contributed by atoms with E-state index < -0.39 is 5.97 Å². The van der Waals surface area contributed by atoms with Crippen LogP contribution in [0.1, 0.15) is 5.56 Å². The highest BCUT2D eigenvalue weighted by molar-refractivity contribution is 14.1. The lowest BCUT2D eigenvalue weighted by Crippen LogP contribution is -2.02. The zero-order valence-electron chi connectivity index (χ0n) is 7.12. The summed E-state index contributed by atoms with van der Waals surface area (Å²) < 4.78 is 0.906. The van der Waals surface area contributed by atoms with Gasteiger partial charge in [0.2, 0.25) is 0 Å². The molecular formula is C9H7IN2O2. The standard InChI is InChI=1S/C9H7IN2O2/c10-8-5(3-7(13)14)1-2-6-9(8)12-4-11-6/h1-2,4H,3H2,(H,11,12)(H,13,14). The van der Waals surface area contributed by atoms with E-state index in [-0.39, 0.29) is 6.42 Å². The van der Waals surface area contributed by atoms with Gasteiger partial charge < -0.3 is 10.1 Å². The molecule has 0 atom stereocenters. The molecule has 0 saturated carbocycles. The molecule has 72 valence electrons. The summed E-state index contributed by atoms with van der Waals surface area (Å²) in [6.07, 6.45) is 1.65. The third-order valence-corrected chi connectivity index (χ3v) is 3.16. The Bertz CT molecular complexity index is 493. The van der Waals surface area contributed by atoms with Crippen LogP contribution in [0.5, 0.6) is 0 Å². The predicted octanol–water partition coefficient (Wildman–Crippen LogP) is 1.79. The van der Waals surface area contributed by atoms with Gasteiger partial charge in [0, 0.05) is 3.57 Å². The number of aromatic amines is 1. The van der Waals surface area contributed by atoms with Crippen molar-refractivity contribution >= 4 is 39.6 Å². The lowest BCUT2D eigenvalue weighted by molar-refractivity contribution is -0.136. The Morgan fingerprint density at radius 2 is 2.36 bits per heavy atom. The second kappa shape index (κ2) is 3.56. The highest BCUT2D eigenvalue weighted by Crippen LogP contribution is 2.21. The van der Waals surface area contributed by atoms with E-state index in [2.05, 4.69) is 32.6 Å². The minimum atomic E-state index is -0.821. The van der Waals surface area contributed by atoms with E-state index >= 15 is 0 Å². The van der Waals surface area contributed by atoms with Gasteiger partial charge >= 0.3 is 5.97 Å². The van der Waals surface area contributed by atoms with Crippen molar-refractivity contribution in [3.63, 3.8) is 0 Å². The van der Waals surface area contributed by atoms with E-state index in [1.807, 2.05) is 12.1 Å². The molecule has 2 aromatic rings. The predicted molar refractivity (Wildman–Crippen MR) is 60.2 cm³/mol. The van der Waals surface area contributed by atoms with Crippen molar-refractivity contribution < 1.29 is 9.90 Å². The molecule has 2 rings (SSSR count). The Balaban J connectivity index is 2.56. The molecule has 0 aliphatic heterocycles. The third-order valence-electron chi connectivity index (χ3n) is 1.95. The van der Waals surface area contributed by atoms with Crippen LogP contribution in [-0.4, -0.2) is 21.0 Å². The van der Waals surface area contributed by atoms with E-state index in [0.717, 1.165) is 20.2 Å². The SMILES string of the molecule is O=C(O)Cc1ccc2[nH]cnc2c1I. The van der Waals surface area contributed by atoms with Gasteiger partial charge in [-0.05, 0) is 34.2 Å². The first kappa shape index (κ1) is 9.45. The minimum absolute atomic E-state index is 0.0427. The van der Waals surface area contributed by atoms with Crippen LogP contribution in [-0.2, 0) is 11.2 Å². The van der Waals surface area contributed by atoms with Crippen molar-refractivity contribution in [3.05, 3.63) is 27.6 Å². The molecular weight excluding hydrogens is 295 g/mol. The van der Waals surface area contributed by atoms with Gasteiger partial charge in [-0.25, -0.2) is 4.98 Å². The molecule has 2 N–H and O–H groups in total. The Morgan fingerprint density at radius 3 is 3.07 bits per heavy atom. The van der Waals surface area contributed by atoms with Gasteiger partial charge in [0.05, 0.1) is 18.3 Å². The summed E-state index contributed by atoms with van der Waals surface area (Å²) in [4.78, 5) is 17.7. The lowest BCUT2D eigenvalue weighted by Gasteiger charge is -2.01. The first-order chi connectivity index (χ1) is 6.68. The molecule has 1 aromatic heterocycles. The van der Waals surface area contributed by atoms with Gasteiger partial charge in [0.25, 0.3) is 0 Å². The van der Waals surface area contributed by atoms with Crippen molar-refractivity contribution in [3.8, 4) is 0 Å². The first-order valence-electron chi connectivity index (χ1n) is 4.00. The Kier molecular flexibility index (Phi) is 2.40. The average Bonchev–Trinajstić information content (AvgIpc) is 2.57. The normalized spacial score (nSPS) is 10.6. The smallest absolute Gasteiger partial charge is 0.307 e. The van der Waals surface area contributed by atoms with Crippen molar-refractivity contribution in [2.75, 3.05) is 0 Å². The Labute approximate surface area is 93.5 Å². The van der Waals surface area contributed by atoms with Gasteiger partial charge in [0.15, 0.2) is 0 Å². The molecule has 5 heteroatoms. The third kappa shape index (κ3) is 1.59. The maximum Gasteiger partial charge on any atom is 0.307 e. The summed E-state index contributed by atoms with van der Waals surface area (Å²) >= 11 is 2.12. The van der Waals surface area contributed by atoms with Crippen LogP contribution < -0.4 is 0 Å². The molecule has 0 aliphatic carbocycles. The van der Waals surface area contributed by atoms with E-state index in [9.17, 15) is 4.79 Å². The summed E-state index contributed by atoms with van der Waals surface area (Å²) in [5.74, 6) is -0.821. The van der Waals surface area contributed by atoms with Crippen LogP contribution in [0.15, 0.2) is 18.5 Å². The van der Waals surface area contributed by atoms with Gasteiger partial charge in [-0.15, -0.1) is 0 Å². The molecule has 0 spiro atoms. The maximum atomic E-state index is 10.6. The number of benzene rings is 1. The van der Waals surface area contributed by atoms with E-state index in [1.54, 1.807) is 6.33 Å². The fraction of sp³-hybridized carbons (Fsp3) is 0.111. The molecule has 0 unspecified atom stereocenters. The van der Waals surface area contributed by atoms with Crippen molar-refractivity contribution in [2.24, 2.45) is 0 Å². The monoisotopic (exact) mass is 302 g/mol. The number of carbonyl (C=O) groups is 1. The molecule has 0 saturated heterocycles. The Hall–Kier alpha value is -1.11. The van der Waals surface area contributed by atoms with Gasteiger partial charge in [-0.2, -0.15) is 0 Å². The molecule has 1 heterocycles. The van der Waals surface area contributed by atoms with Crippen LogP contribution >= 0.6 is 22.6 Å². The number of nitrogens with zero attached hydrogens (tertiary/aromatic N) is 1. The molecule has 4 nitrogen and oxygen atoms in total. The number of imidazole rings is 1. The molecule has 0 radical (unpaired) electrons. The van der Waals surface area contributed by atoms with Crippen molar-refractivity contribution in [1.82, 2.24) is 9.97 Å². The molecule has 14 heavy (non-hydrogen) atoms. The number of halogens is 1. The second-order valence-corrected chi connectivity index (χ2v) is 3.99. The minimum Gasteiger partial charge on any atom is -0.481 e. The number of aromatic nitrogens is 2. The molecule has 1 aromatic carbocycles.